The maximum atomic E-state index is 11.9. The Morgan fingerprint density at radius 1 is 1.26 bits per heavy atom. The van der Waals surface area contributed by atoms with Gasteiger partial charge in [-0.15, -0.1) is 0 Å². The summed E-state index contributed by atoms with van der Waals surface area (Å²) >= 11 is 0. The molecule has 8 nitrogen and oxygen atoms in total. The highest BCUT2D eigenvalue weighted by Gasteiger charge is 2.10. The van der Waals surface area contributed by atoms with Gasteiger partial charge in [-0.05, 0) is 17.7 Å². The van der Waals surface area contributed by atoms with Crippen molar-refractivity contribution in [3.05, 3.63) is 48.0 Å². The van der Waals surface area contributed by atoms with Crippen LogP contribution in [0.5, 0.6) is 11.5 Å². The molecule has 2 aromatic rings. The van der Waals surface area contributed by atoms with Gasteiger partial charge >= 0.3 is 0 Å². The highest BCUT2D eigenvalue weighted by molar-refractivity contribution is 5.91. The first-order valence-electron chi connectivity index (χ1n) is 6.72. The molecule has 0 fully saturated rings. The summed E-state index contributed by atoms with van der Waals surface area (Å²) < 4.78 is 10.4. The van der Waals surface area contributed by atoms with Crippen molar-refractivity contribution in [2.45, 2.75) is 6.54 Å². The zero-order valence-corrected chi connectivity index (χ0v) is 12.5. The Balaban J connectivity index is 2.00. The van der Waals surface area contributed by atoms with Gasteiger partial charge in [0.1, 0.15) is 5.69 Å². The SMILES string of the molecule is COc1cc(CNC(=O)c2cnccn2)ccc1OCC(N)=O. The van der Waals surface area contributed by atoms with E-state index in [9.17, 15) is 9.59 Å². The summed E-state index contributed by atoms with van der Waals surface area (Å²) in [5.74, 6) is -0.0636. The molecule has 0 aliphatic heterocycles. The lowest BCUT2D eigenvalue weighted by atomic mass is 10.2. The normalized spacial score (nSPS) is 9.96. The highest BCUT2D eigenvalue weighted by atomic mass is 16.5. The summed E-state index contributed by atoms with van der Waals surface area (Å²) in [7, 11) is 1.48. The van der Waals surface area contributed by atoms with Crippen LogP contribution in [0.3, 0.4) is 0 Å². The first kappa shape index (κ1) is 16.2. The molecule has 2 amide bonds. The molecular formula is C15H16N4O4. The number of amides is 2. The molecule has 0 radical (unpaired) electrons. The number of benzene rings is 1. The van der Waals surface area contributed by atoms with Gasteiger partial charge in [-0.2, -0.15) is 0 Å². The Hall–Kier alpha value is -3.16. The molecular weight excluding hydrogens is 300 g/mol. The molecule has 23 heavy (non-hydrogen) atoms. The second kappa shape index (κ2) is 7.74. The molecule has 0 spiro atoms. The number of nitrogens with one attached hydrogen (secondary N) is 1. The molecule has 1 aromatic heterocycles. The molecule has 0 unspecified atom stereocenters. The number of primary amides is 1. The van der Waals surface area contributed by atoms with Crippen LogP contribution in [-0.2, 0) is 11.3 Å². The number of hydrogen-bond acceptors (Lipinski definition) is 6. The number of hydrogen-bond donors (Lipinski definition) is 2. The number of carbonyl (C=O) groups excluding carboxylic acids is 2. The summed E-state index contributed by atoms with van der Waals surface area (Å²) in [5.41, 5.74) is 6.07. The number of nitrogens with zero attached hydrogens (tertiary/aromatic N) is 2. The average Bonchev–Trinajstić information content (AvgIpc) is 2.58. The fourth-order valence-electron chi connectivity index (χ4n) is 1.78. The zero-order valence-electron chi connectivity index (χ0n) is 12.5. The van der Waals surface area contributed by atoms with Gasteiger partial charge in [-0.1, -0.05) is 6.07 Å². The van der Waals surface area contributed by atoms with Gasteiger partial charge in [-0.25, -0.2) is 4.98 Å². The minimum absolute atomic E-state index is 0.237. The van der Waals surface area contributed by atoms with Crippen molar-refractivity contribution >= 4 is 11.8 Å². The molecule has 1 aromatic carbocycles. The fraction of sp³-hybridized carbons (Fsp3) is 0.200. The summed E-state index contributed by atoms with van der Waals surface area (Å²) in [6.07, 6.45) is 4.33. The number of carbonyl (C=O) groups is 2. The molecule has 0 aliphatic rings. The van der Waals surface area contributed by atoms with Crippen LogP contribution in [0.4, 0.5) is 0 Å². The Labute approximate surface area is 132 Å². The zero-order chi connectivity index (χ0) is 16.7. The van der Waals surface area contributed by atoms with E-state index in [1.807, 2.05) is 0 Å². The molecule has 2 rings (SSSR count). The van der Waals surface area contributed by atoms with Crippen molar-refractivity contribution < 1.29 is 19.1 Å². The third-order valence-electron chi connectivity index (χ3n) is 2.85. The highest BCUT2D eigenvalue weighted by Crippen LogP contribution is 2.27. The maximum Gasteiger partial charge on any atom is 0.271 e. The van der Waals surface area contributed by atoms with E-state index in [2.05, 4.69) is 15.3 Å². The second-order valence-electron chi connectivity index (χ2n) is 4.51. The molecule has 8 heteroatoms. The Bertz CT molecular complexity index is 691. The topological polar surface area (TPSA) is 116 Å². The van der Waals surface area contributed by atoms with E-state index >= 15 is 0 Å². The van der Waals surface area contributed by atoms with Crippen LogP contribution >= 0.6 is 0 Å². The van der Waals surface area contributed by atoms with Gasteiger partial charge in [-0.3, -0.25) is 14.6 Å². The van der Waals surface area contributed by atoms with Crippen LogP contribution < -0.4 is 20.5 Å². The third kappa shape index (κ3) is 4.67. The number of ether oxygens (including phenoxy) is 2. The van der Waals surface area contributed by atoms with Crippen molar-refractivity contribution in [3.63, 3.8) is 0 Å². The van der Waals surface area contributed by atoms with Crippen LogP contribution in [-0.4, -0.2) is 35.5 Å². The van der Waals surface area contributed by atoms with E-state index in [-0.39, 0.29) is 24.8 Å². The lowest BCUT2D eigenvalue weighted by Gasteiger charge is -2.11. The second-order valence-corrected chi connectivity index (χ2v) is 4.51. The van der Waals surface area contributed by atoms with Crippen molar-refractivity contribution in [3.8, 4) is 11.5 Å². The summed E-state index contributed by atoms with van der Waals surface area (Å²) in [6.45, 7) is 0.0426. The van der Waals surface area contributed by atoms with E-state index in [1.165, 1.54) is 25.7 Å². The van der Waals surface area contributed by atoms with Crippen LogP contribution in [0.25, 0.3) is 0 Å². The molecule has 120 valence electrons. The fourth-order valence-corrected chi connectivity index (χ4v) is 1.78. The predicted octanol–water partition coefficient (Wildman–Crippen LogP) is 0.279. The van der Waals surface area contributed by atoms with Crippen LogP contribution in [0.1, 0.15) is 16.1 Å². The van der Waals surface area contributed by atoms with Crippen LogP contribution in [0.15, 0.2) is 36.8 Å². The van der Waals surface area contributed by atoms with Gasteiger partial charge < -0.3 is 20.5 Å². The average molecular weight is 316 g/mol. The largest absolute Gasteiger partial charge is 0.493 e. The molecule has 3 N–H and O–H groups in total. The standard InChI is InChI=1S/C15H16N4O4/c1-22-13-6-10(2-3-12(13)23-9-14(16)20)7-19-15(21)11-8-17-4-5-18-11/h2-6,8H,7,9H2,1H3,(H2,16,20)(H,19,21). The molecule has 0 bridgehead atoms. The first-order valence-corrected chi connectivity index (χ1v) is 6.72. The van der Waals surface area contributed by atoms with Gasteiger partial charge in [0.05, 0.1) is 13.3 Å². The molecule has 0 saturated carbocycles. The smallest absolute Gasteiger partial charge is 0.271 e. The van der Waals surface area contributed by atoms with E-state index in [0.717, 1.165) is 5.56 Å². The number of nitrogens with two attached hydrogens (primary N) is 1. The lowest BCUT2D eigenvalue weighted by Crippen LogP contribution is -2.24. The number of rotatable bonds is 7. The van der Waals surface area contributed by atoms with E-state index in [4.69, 9.17) is 15.2 Å². The first-order chi connectivity index (χ1) is 11.1. The minimum Gasteiger partial charge on any atom is -0.493 e. The van der Waals surface area contributed by atoms with Gasteiger partial charge in [0, 0.05) is 18.9 Å². The lowest BCUT2D eigenvalue weighted by molar-refractivity contribution is -0.119. The van der Waals surface area contributed by atoms with E-state index in [0.29, 0.717) is 11.5 Å². The van der Waals surface area contributed by atoms with Crippen LogP contribution in [0, 0.1) is 0 Å². The maximum absolute atomic E-state index is 11.9. The third-order valence-corrected chi connectivity index (χ3v) is 2.85. The van der Waals surface area contributed by atoms with Crippen molar-refractivity contribution in [1.29, 1.82) is 0 Å². The number of methoxy groups -OCH3 is 1. The Morgan fingerprint density at radius 2 is 2.09 bits per heavy atom. The van der Waals surface area contributed by atoms with Crippen molar-refractivity contribution in [2.24, 2.45) is 5.73 Å². The summed E-state index contributed by atoms with van der Waals surface area (Å²) in [4.78, 5) is 30.4. The van der Waals surface area contributed by atoms with Crippen LogP contribution in [0.2, 0.25) is 0 Å². The van der Waals surface area contributed by atoms with Gasteiger partial charge in [0.2, 0.25) is 0 Å². The van der Waals surface area contributed by atoms with Gasteiger partial charge in [0.25, 0.3) is 11.8 Å². The van der Waals surface area contributed by atoms with Crippen molar-refractivity contribution in [1.82, 2.24) is 15.3 Å². The summed E-state index contributed by atoms with van der Waals surface area (Å²) in [5, 5.41) is 2.72. The Kier molecular flexibility index (Phi) is 5.45. The number of aromatic nitrogens is 2. The molecule has 0 aliphatic carbocycles. The molecule has 0 atom stereocenters. The molecule has 0 saturated heterocycles. The molecule has 1 heterocycles. The quantitative estimate of drug-likeness (QED) is 0.758. The summed E-state index contributed by atoms with van der Waals surface area (Å²) in [6, 6.07) is 5.09. The monoisotopic (exact) mass is 316 g/mol. The Morgan fingerprint density at radius 3 is 2.74 bits per heavy atom. The minimum atomic E-state index is -0.577. The van der Waals surface area contributed by atoms with E-state index in [1.54, 1.807) is 18.2 Å². The van der Waals surface area contributed by atoms with Gasteiger partial charge in [0.15, 0.2) is 18.1 Å². The van der Waals surface area contributed by atoms with E-state index < -0.39 is 5.91 Å². The predicted molar refractivity (Wildman–Crippen MR) is 80.9 cm³/mol. The van der Waals surface area contributed by atoms with Crippen molar-refractivity contribution in [2.75, 3.05) is 13.7 Å².